The molecule has 3 rings (SSSR count). The van der Waals surface area contributed by atoms with Gasteiger partial charge >= 0.3 is 5.69 Å². The van der Waals surface area contributed by atoms with Gasteiger partial charge in [-0.2, -0.15) is 0 Å². The number of aromatic amines is 1. The van der Waals surface area contributed by atoms with Crippen LogP contribution in [0, 0.1) is 23.3 Å². The smallest absolute Gasteiger partial charge is 0.329 e. The molecular weight excluding hydrogens is 384 g/mol. The Labute approximate surface area is 153 Å². The summed E-state index contributed by atoms with van der Waals surface area (Å²) in [6.45, 7) is 0.511. The number of fused-ring (bicyclic) bond motifs is 1. The third kappa shape index (κ3) is 3.50. The van der Waals surface area contributed by atoms with E-state index in [4.69, 9.17) is 0 Å². The highest BCUT2D eigenvalue weighted by atomic mass is 19.2. The first kappa shape index (κ1) is 19.3. The number of hydrogen-bond donors (Lipinski definition) is 2. The summed E-state index contributed by atoms with van der Waals surface area (Å²) in [5.74, 6) is -5.55. The molecule has 3 aromatic rings. The van der Waals surface area contributed by atoms with Gasteiger partial charge in [-0.25, -0.2) is 22.4 Å². The fourth-order valence-corrected chi connectivity index (χ4v) is 2.66. The Hall–Kier alpha value is -3.50. The molecule has 0 aliphatic carbocycles. The third-order valence-electron chi connectivity index (χ3n) is 3.97. The SMILES string of the molecule is CC(NC(=O)Cn1c(=O)[nH]c2ccc(F)c(F)c2c1=O)c1ncc(F)cc1F. The van der Waals surface area contributed by atoms with Gasteiger partial charge < -0.3 is 10.3 Å². The Kier molecular flexibility index (Phi) is 4.99. The standard InChI is InChI=1S/C17H12F4N4O3/c1-7(15-10(20)4-8(18)5-22-15)23-12(26)6-25-16(27)13-11(24-17(25)28)3-2-9(19)14(13)21/h2-5,7H,6H2,1H3,(H,23,26)(H,24,28). The summed E-state index contributed by atoms with van der Waals surface area (Å²) in [5.41, 5.74) is -2.71. The molecule has 1 unspecified atom stereocenters. The van der Waals surface area contributed by atoms with Crippen molar-refractivity contribution in [1.82, 2.24) is 19.9 Å². The highest BCUT2D eigenvalue weighted by molar-refractivity contribution is 5.79. The van der Waals surface area contributed by atoms with Gasteiger partial charge in [0.2, 0.25) is 5.91 Å². The van der Waals surface area contributed by atoms with Crippen LogP contribution in [-0.2, 0) is 11.3 Å². The van der Waals surface area contributed by atoms with Crippen LogP contribution in [0.15, 0.2) is 34.0 Å². The highest BCUT2D eigenvalue weighted by Crippen LogP contribution is 2.15. The maximum atomic E-state index is 13.9. The summed E-state index contributed by atoms with van der Waals surface area (Å²) < 4.78 is 54.3. The number of pyridine rings is 1. The average Bonchev–Trinajstić information content (AvgIpc) is 2.61. The van der Waals surface area contributed by atoms with Gasteiger partial charge in [-0.05, 0) is 19.1 Å². The molecule has 28 heavy (non-hydrogen) atoms. The molecule has 0 aliphatic rings. The zero-order chi connectivity index (χ0) is 20.6. The van der Waals surface area contributed by atoms with Crippen LogP contribution in [-0.4, -0.2) is 20.4 Å². The molecule has 2 aromatic heterocycles. The van der Waals surface area contributed by atoms with Gasteiger partial charge in [-0.3, -0.25) is 19.1 Å². The number of benzene rings is 1. The quantitative estimate of drug-likeness (QED) is 0.654. The van der Waals surface area contributed by atoms with Gasteiger partial charge in [-0.1, -0.05) is 0 Å². The van der Waals surface area contributed by atoms with Crippen molar-refractivity contribution >= 4 is 16.8 Å². The lowest BCUT2D eigenvalue weighted by Crippen LogP contribution is -2.41. The molecule has 1 amide bonds. The van der Waals surface area contributed by atoms with Gasteiger partial charge in [0.15, 0.2) is 11.6 Å². The van der Waals surface area contributed by atoms with Crippen molar-refractivity contribution in [3.05, 3.63) is 74.2 Å². The van der Waals surface area contributed by atoms with Crippen LogP contribution in [0.5, 0.6) is 0 Å². The van der Waals surface area contributed by atoms with E-state index in [0.717, 1.165) is 18.3 Å². The number of carbonyl (C=O) groups excluding carboxylic acids is 1. The zero-order valence-corrected chi connectivity index (χ0v) is 14.2. The van der Waals surface area contributed by atoms with Gasteiger partial charge in [0.25, 0.3) is 5.56 Å². The lowest BCUT2D eigenvalue weighted by Gasteiger charge is -2.14. The van der Waals surface area contributed by atoms with E-state index in [9.17, 15) is 31.9 Å². The summed E-state index contributed by atoms with van der Waals surface area (Å²) in [5, 5.41) is 1.57. The van der Waals surface area contributed by atoms with E-state index < -0.39 is 58.4 Å². The van der Waals surface area contributed by atoms with E-state index in [1.807, 2.05) is 0 Å². The van der Waals surface area contributed by atoms with Gasteiger partial charge in [0.05, 0.1) is 23.4 Å². The van der Waals surface area contributed by atoms with Crippen LogP contribution in [0.25, 0.3) is 10.9 Å². The number of H-pyrrole nitrogens is 1. The Bertz CT molecular complexity index is 1210. The van der Waals surface area contributed by atoms with E-state index in [1.54, 1.807) is 0 Å². The van der Waals surface area contributed by atoms with Gasteiger partial charge in [-0.15, -0.1) is 0 Å². The molecule has 1 aromatic carbocycles. The van der Waals surface area contributed by atoms with Crippen LogP contribution in [0.3, 0.4) is 0 Å². The van der Waals surface area contributed by atoms with E-state index in [2.05, 4.69) is 15.3 Å². The van der Waals surface area contributed by atoms with Crippen molar-refractivity contribution in [3.8, 4) is 0 Å². The first-order valence-electron chi connectivity index (χ1n) is 7.90. The normalized spacial score (nSPS) is 12.2. The van der Waals surface area contributed by atoms with Crippen molar-refractivity contribution in [3.63, 3.8) is 0 Å². The number of nitrogens with one attached hydrogen (secondary N) is 2. The summed E-state index contributed by atoms with van der Waals surface area (Å²) in [6.07, 6.45) is 0.761. The summed E-state index contributed by atoms with van der Waals surface area (Å²) in [7, 11) is 0. The molecule has 7 nitrogen and oxygen atoms in total. The van der Waals surface area contributed by atoms with Crippen molar-refractivity contribution in [2.75, 3.05) is 0 Å². The van der Waals surface area contributed by atoms with E-state index >= 15 is 0 Å². The number of amides is 1. The molecule has 2 heterocycles. The number of nitrogens with zero attached hydrogens (tertiary/aromatic N) is 2. The predicted octanol–water partition coefficient (Wildman–Crippen LogP) is 1.52. The second kappa shape index (κ2) is 7.25. The summed E-state index contributed by atoms with van der Waals surface area (Å²) in [6, 6.07) is 1.33. The molecule has 0 bridgehead atoms. The Morgan fingerprint density at radius 3 is 2.61 bits per heavy atom. The predicted molar refractivity (Wildman–Crippen MR) is 89.5 cm³/mol. The van der Waals surface area contributed by atoms with E-state index in [0.29, 0.717) is 10.6 Å². The largest absolute Gasteiger partial charge is 0.346 e. The second-order valence-corrected chi connectivity index (χ2v) is 5.92. The molecule has 11 heteroatoms. The second-order valence-electron chi connectivity index (χ2n) is 5.92. The number of rotatable bonds is 4. The van der Waals surface area contributed by atoms with Crippen LogP contribution in [0.4, 0.5) is 17.6 Å². The van der Waals surface area contributed by atoms with Crippen LogP contribution in [0.1, 0.15) is 18.7 Å². The minimum Gasteiger partial charge on any atom is -0.346 e. The lowest BCUT2D eigenvalue weighted by atomic mass is 10.2. The number of carbonyl (C=O) groups is 1. The number of aromatic nitrogens is 3. The molecule has 2 N–H and O–H groups in total. The minimum absolute atomic E-state index is 0.225. The van der Waals surface area contributed by atoms with Crippen molar-refractivity contribution in [2.24, 2.45) is 0 Å². The number of hydrogen-bond acceptors (Lipinski definition) is 4. The van der Waals surface area contributed by atoms with E-state index in [-0.39, 0.29) is 11.2 Å². The average molecular weight is 396 g/mol. The van der Waals surface area contributed by atoms with Crippen molar-refractivity contribution in [1.29, 1.82) is 0 Å². The first-order valence-corrected chi connectivity index (χ1v) is 7.90. The van der Waals surface area contributed by atoms with Crippen LogP contribution in [0.2, 0.25) is 0 Å². The lowest BCUT2D eigenvalue weighted by molar-refractivity contribution is -0.122. The Morgan fingerprint density at radius 1 is 1.21 bits per heavy atom. The molecular formula is C17H12F4N4O3. The molecule has 0 saturated heterocycles. The Balaban J connectivity index is 1.90. The zero-order valence-electron chi connectivity index (χ0n) is 14.2. The van der Waals surface area contributed by atoms with Gasteiger partial charge in [0, 0.05) is 6.07 Å². The molecule has 0 fully saturated rings. The first-order chi connectivity index (χ1) is 13.2. The molecule has 0 spiro atoms. The van der Waals surface area contributed by atoms with E-state index in [1.165, 1.54) is 6.92 Å². The molecule has 0 radical (unpaired) electrons. The molecule has 146 valence electrons. The number of halogens is 4. The van der Waals surface area contributed by atoms with Crippen molar-refractivity contribution in [2.45, 2.75) is 19.5 Å². The molecule has 0 aliphatic heterocycles. The minimum atomic E-state index is -1.46. The third-order valence-corrected chi connectivity index (χ3v) is 3.97. The monoisotopic (exact) mass is 396 g/mol. The van der Waals surface area contributed by atoms with Crippen LogP contribution < -0.4 is 16.6 Å². The van der Waals surface area contributed by atoms with Gasteiger partial charge in [0.1, 0.15) is 23.6 Å². The van der Waals surface area contributed by atoms with Crippen molar-refractivity contribution < 1.29 is 22.4 Å². The maximum Gasteiger partial charge on any atom is 0.329 e. The summed E-state index contributed by atoms with van der Waals surface area (Å²) >= 11 is 0. The summed E-state index contributed by atoms with van der Waals surface area (Å²) in [4.78, 5) is 42.3. The topological polar surface area (TPSA) is 96.9 Å². The highest BCUT2D eigenvalue weighted by Gasteiger charge is 2.19. The fourth-order valence-electron chi connectivity index (χ4n) is 2.66. The Morgan fingerprint density at radius 2 is 1.93 bits per heavy atom. The van der Waals surface area contributed by atoms with Crippen LogP contribution >= 0.6 is 0 Å². The molecule has 0 saturated carbocycles. The molecule has 1 atom stereocenters. The fraction of sp³-hybridized carbons (Fsp3) is 0.176. The maximum absolute atomic E-state index is 13.9.